The third-order valence-electron chi connectivity index (χ3n) is 4.18. The minimum atomic E-state index is -0.529. The summed E-state index contributed by atoms with van der Waals surface area (Å²) in [5, 5.41) is 15.8. The number of hydrogen-bond acceptors (Lipinski definition) is 3. The van der Waals surface area contributed by atoms with Gasteiger partial charge >= 0.3 is 0 Å². The number of rotatable bonds is 3. The van der Waals surface area contributed by atoms with Crippen molar-refractivity contribution in [2.75, 3.05) is 5.75 Å². The van der Waals surface area contributed by atoms with Crippen LogP contribution in [0.4, 0.5) is 0 Å². The van der Waals surface area contributed by atoms with Crippen molar-refractivity contribution in [3.63, 3.8) is 0 Å². The number of thioether (sulfide) groups is 1. The molecule has 2 heterocycles. The zero-order chi connectivity index (χ0) is 12.6. The molecular weight excluding hydrogens is 244 g/mol. The number of aliphatic hydroxyl groups is 1. The second-order valence-corrected chi connectivity index (χ2v) is 7.38. The molecule has 4 heteroatoms. The molecule has 2 aliphatic rings. The van der Waals surface area contributed by atoms with E-state index in [1.54, 1.807) is 0 Å². The van der Waals surface area contributed by atoms with Gasteiger partial charge in [0.2, 0.25) is 0 Å². The summed E-state index contributed by atoms with van der Waals surface area (Å²) >= 11 is 1.87. The molecule has 2 fully saturated rings. The molecule has 0 bridgehead atoms. The zero-order valence-electron chi connectivity index (χ0n) is 11.0. The van der Waals surface area contributed by atoms with Crippen molar-refractivity contribution >= 4 is 11.8 Å². The van der Waals surface area contributed by atoms with Crippen molar-refractivity contribution in [1.82, 2.24) is 9.78 Å². The fourth-order valence-corrected chi connectivity index (χ4v) is 4.50. The molecule has 1 saturated heterocycles. The Morgan fingerprint density at radius 3 is 2.94 bits per heavy atom. The van der Waals surface area contributed by atoms with Crippen LogP contribution in [-0.4, -0.2) is 31.5 Å². The Balaban J connectivity index is 1.66. The predicted octanol–water partition coefficient (Wildman–Crippen LogP) is 2.80. The topological polar surface area (TPSA) is 38.0 Å². The van der Waals surface area contributed by atoms with E-state index < -0.39 is 5.60 Å². The van der Waals surface area contributed by atoms with Crippen molar-refractivity contribution in [1.29, 1.82) is 0 Å². The second kappa shape index (κ2) is 4.89. The Labute approximate surface area is 113 Å². The van der Waals surface area contributed by atoms with Crippen molar-refractivity contribution in [2.24, 2.45) is 0 Å². The van der Waals surface area contributed by atoms with Gasteiger partial charge in [-0.3, -0.25) is 4.68 Å². The van der Waals surface area contributed by atoms with Gasteiger partial charge in [-0.25, -0.2) is 0 Å². The first-order valence-corrected chi connectivity index (χ1v) is 8.08. The Hall–Kier alpha value is -0.480. The highest BCUT2D eigenvalue weighted by atomic mass is 32.2. The average Bonchev–Trinajstić information content (AvgIpc) is 2.99. The maximum Gasteiger partial charge on any atom is 0.0804 e. The third-order valence-corrected chi connectivity index (χ3v) is 5.62. The van der Waals surface area contributed by atoms with Crippen molar-refractivity contribution in [2.45, 2.75) is 62.3 Å². The molecule has 0 aromatic carbocycles. The van der Waals surface area contributed by atoms with Gasteiger partial charge in [0.25, 0.3) is 0 Å². The van der Waals surface area contributed by atoms with Gasteiger partial charge in [-0.05, 0) is 25.3 Å². The van der Waals surface area contributed by atoms with Crippen LogP contribution in [0.1, 0.15) is 50.8 Å². The lowest BCUT2D eigenvalue weighted by atomic mass is 9.95. The molecule has 1 saturated carbocycles. The van der Waals surface area contributed by atoms with E-state index in [0.29, 0.717) is 17.7 Å². The predicted molar refractivity (Wildman–Crippen MR) is 74.9 cm³/mol. The second-order valence-electron chi connectivity index (χ2n) is 5.95. The molecule has 3 nitrogen and oxygen atoms in total. The quantitative estimate of drug-likeness (QED) is 0.914. The van der Waals surface area contributed by atoms with E-state index >= 15 is 0 Å². The number of aromatic nitrogens is 2. The molecule has 1 aromatic rings. The Morgan fingerprint density at radius 2 is 2.28 bits per heavy atom. The molecule has 3 rings (SSSR count). The standard InChI is InChI=1S/C14H22N2OS/c1-11-8-14(17,10-18-11)9-12-6-7-16(15-12)13-4-2-3-5-13/h6-7,11,13,17H,2-5,8-10H2,1H3. The van der Waals surface area contributed by atoms with Gasteiger partial charge in [0, 0.05) is 23.6 Å². The first kappa shape index (κ1) is 12.5. The molecule has 18 heavy (non-hydrogen) atoms. The molecule has 1 aromatic heterocycles. The van der Waals surface area contributed by atoms with Gasteiger partial charge in [0.15, 0.2) is 0 Å². The van der Waals surface area contributed by atoms with E-state index in [1.807, 2.05) is 11.8 Å². The summed E-state index contributed by atoms with van der Waals surface area (Å²) in [7, 11) is 0. The highest BCUT2D eigenvalue weighted by molar-refractivity contribution is 8.00. The van der Waals surface area contributed by atoms with Crippen molar-refractivity contribution in [3.05, 3.63) is 18.0 Å². The first-order valence-electron chi connectivity index (χ1n) is 7.03. The smallest absolute Gasteiger partial charge is 0.0804 e. The SMILES string of the molecule is CC1CC(O)(Cc2ccn(C3CCCC3)n2)CS1. The van der Waals surface area contributed by atoms with E-state index in [1.165, 1.54) is 25.7 Å². The maximum atomic E-state index is 10.5. The fourth-order valence-electron chi connectivity index (χ4n) is 3.25. The summed E-state index contributed by atoms with van der Waals surface area (Å²) < 4.78 is 2.12. The largest absolute Gasteiger partial charge is 0.389 e. The molecule has 2 unspecified atom stereocenters. The molecule has 1 N–H and O–H groups in total. The Kier molecular flexibility index (Phi) is 3.41. The van der Waals surface area contributed by atoms with Gasteiger partial charge < -0.3 is 5.11 Å². The number of nitrogens with zero attached hydrogens (tertiary/aromatic N) is 2. The van der Waals surface area contributed by atoms with Gasteiger partial charge in [0.05, 0.1) is 17.3 Å². The summed E-state index contributed by atoms with van der Waals surface area (Å²) in [4.78, 5) is 0. The summed E-state index contributed by atoms with van der Waals surface area (Å²) in [5.74, 6) is 0.852. The molecule has 2 atom stereocenters. The van der Waals surface area contributed by atoms with Crippen molar-refractivity contribution < 1.29 is 5.11 Å². The molecule has 0 spiro atoms. The minimum absolute atomic E-state index is 0.529. The minimum Gasteiger partial charge on any atom is -0.389 e. The van der Waals surface area contributed by atoms with Crippen LogP contribution in [0.3, 0.4) is 0 Å². The van der Waals surface area contributed by atoms with Gasteiger partial charge in [-0.15, -0.1) is 0 Å². The highest BCUT2D eigenvalue weighted by Gasteiger charge is 2.36. The van der Waals surface area contributed by atoms with Crippen LogP contribution >= 0.6 is 11.8 Å². The summed E-state index contributed by atoms with van der Waals surface area (Å²) in [6.45, 7) is 2.19. The van der Waals surface area contributed by atoms with Crippen LogP contribution < -0.4 is 0 Å². The molecule has 1 aliphatic heterocycles. The van der Waals surface area contributed by atoms with Crippen LogP contribution in [0.2, 0.25) is 0 Å². The summed E-state index contributed by atoms with van der Waals surface area (Å²) in [6, 6.07) is 2.69. The molecule has 1 aliphatic carbocycles. The van der Waals surface area contributed by atoms with Gasteiger partial charge in [-0.2, -0.15) is 16.9 Å². The van der Waals surface area contributed by atoms with Crippen LogP contribution in [0, 0.1) is 0 Å². The number of hydrogen-bond donors (Lipinski definition) is 1. The van der Waals surface area contributed by atoms with E-state index in [4.69, 9.17) is 0 Å². The normalized spacial score (nSPS) is 33.3. The van der Waals surface area contributed by atoms with Crippen LogP contribution in [0.5, 0.6) is 0 Å². The molecular formula is C14H22N2OS. The van der Waals surface area contributed by atoms with Gasteiger partial charge in [0.1, 0.15) is 0 Å². The Morgan fingerprint density at radius 1 is 1.50 bits per heavy atom. The van der Waals surface area contributed by atoms with E-state index in [9.17, 15) is 5.11 Å². The van der Waals surface area contributed by atoms with Crippen molar-refractivity contribution in [3.8, 4) is 0 Å². The van der Waals surface area contributed by atoms with Crippen LogP contribution in [0.15, 0.2) is 12.3 Å². The lowest BCUT2D eigenvalue weighted by Gasteiger charge is -2.20. The zero-order valence-corrected chi connectivity index (χ0v) is 11.8. The maximum absolute atomic E-state index is 10.5. The first-order chi connectivity index (χ1) is 8.65. The molecule has 0 amide bonds. The summed E-state index contributed by atoms with van der Waals surface area (Å²) in [6.07, 6.45) is 8.89. The van der Waals surface area contributed by atoms with E-state index in [0.717, 1.165) is 17.9 Å². The molecule has 100 valence electrons. The fraction of sp³-hybridized carbons (Fsp3) is 0.786. The summed E-state index contributed by atoms with van der Waals surface area (Å²) in [5.41, 5.74) is 0.526. The van der Waals surface area contributed by atoms with E-state index in [-0.39, 0.29) is 0 Å². The average molecular weight is 266 g/mol. The lowest BCUT2D eigenvalue weighted by Crippen LogP contribution is -2.31. The van der Waals surface area contributed by atoms with Crippen LogP contribution in [0.25, 0.3) is 0 Å². The van der Waals surface area contributed by atoms with Gasteiger partial charge in [-0.1, -0.05) is 19.8 Å². The van der Waals surface area contributed by atoms with Crippen LogP contribution in [-0.2, 0) is 6.42 Å². The molecule has 0 radical (unpaired) electrons. The lowest BCUT2D eigenvalue weighted by molar-refractivity contribution is 0.0630. The third kappa shape index (κ3) is 2.59. The Bertz CT molecular complexity index is 414. The highest BCUT2D eigenvalue weighted by Crippen LogP contribution is 2.36. The monoisotopic (exact) mass is 266 g/mol. The van der Waals surface area contributed by atoms with E-state index in [2.05, 4.69) is 29.0 Å².